The van der Waals surface area contributed by atoms with Crippen LogP contribution in [0, 0.1) is 0 Å². The van der Waals surface area contributed by atoms with Crippen molar-refractivity contribution in [1.29, 1.82) is 0 Å². The van der Waals surface area contributed by atoms with Crippen LogP contribution in [0.2, 0.25) is 0 Å². The van der Waals surface area contributed by atoms with Crippen LogP contribution >= 0.6 is 0 Å². The zero-order valence-corrected chi connectivity index (χ0v) is 62.4. The van der Waals surface area contributed by atoms with E-state index < -0.39 is 11.9 Å². The first-order chi connectivity index (χ1) is 53.0. The van der Waals surface area contributed by atoms with E-state index in [1.54, 1.807) is 38.1 Å². The second kappa shape index (κ2) is 22.7. The lowest BCUT2D eigenvalue weighted by Gasteiger charge is -2.33. The minimum absolute atomic E-state index is 0.126. The van der Waals surface area contributed by atoms with Gasteiger partial charge in [-0.05, 0) is 321 Å². The maximum atomic E-state index is 15.3. The number of imide groups is 2. The number of carbonyl (C=O) groups excluding carboxylic acids is 6. The number of anilines is 2. The normalized spacial score (nSPS) is 14.6. The van der Waals surface area contributed by atoms with Crippen molar-refractivity contribution in [1.82, 2.24) is 0 Å². The Balaban J connectivity index is 0.612. The molecule has 2 heterocycles. The average Bonchev–Trinajstić information content (AvgIpc) is 1.07. The summed E-state index contributed by atoms with van der Waals surface area (Å²) in [5.74, 6) is -2.44. The number of nitrogens with zero attached hydrogens (tertiary/aromatic N) is 2. The summed E-state index contributed by atoms with van der Waals surface area (Å²) in [5, 5.41) is 20.7. The molecule has 2 aliphatic heterocycles. The Morgan fingerprint density at radius 1 is 0.282 bits per heavy atom. The molecule has 0 N–H and O–H groups in total. The Hall–Kier alpha value is -13.2. The molecule has 10 nitrogen and oxygen atoms in total. The highest BCUT2D eigenvalue weighted by atomic mass is 16.5. The molecule has 0 radical (unpaired) electrons. The quantitative estimate of drug-likeness (QED) is 0.0331. The molecule has 0 aromatic heterocycles. The molecule has 21 rings (SSSR count). The highest BCUT2D eigenvalue weighted by Gasteiger charge is 2.42. The van der Waals surface area contributed by atoms with E-state index in [1.807, 2.05) is 79.7 Å². The minimum Gasteiger partial charge on any atom is -0.423 e. The van der Waals surface area contributed by atoms with E-state index in [-0.39, 0.29) is 58.4 Å². The van der Waals surface area contributed by atoms with Crippen molar-refractivity contribution in [2.24, 2.45) is 0 Å². The molecule has 528 valence electrons. The summed E-state index contributed by atoms with van der Waals surface area (Å²) >= 11 is 0. The second-order valence-corrected chi connectivity index (χ2v) is 32.2. The molecule has 16 aromatic rings. The number of esters is 2. The van der Waals surface area contributed by atoms with Gasteiger partial charge in [0.15, 0.2) is 0 Å². The van der Waals surface area contributed by atoms with E-state index in [1.165, 1.54) is 65.1 Å². The Morgan fingerprint density at radius 2 is 0.491 bits per heavy atom. The molecule has 0 saturated heterocycles. The minimum atomic E-state index is -0.541. The maximum Gasteiger partial charge on any atom is 0.338 e. The van der Waals surface area contributed by atoms with E-state index in [0.29, 0.717) is 55.9 Å². The Labute approximate surface area is 633 Å². The predicted octanol–water partition coefficient (Wildman–Crippen LogP) is 25.1. The smallest absolute Gasteiger partial charge is 0.338 e. The number of hydrogen-bond acceptors (Lipinski definition) is 8. The van der Waals surface area contributed by atoms with Crippen LogP contribution < -0.4 is 19.3 Å². The predicted molar refractivity (Wildman–Crippen MR) is 449 cm³/mol. The molecule has 0 bridgehead atoms. The fourth-order valence-corrected chi connectivity index (χ4v) is 19.1. The number of benzene rings is 16. The molecule has 0 fully saturated rings. The number of ether oxygens (including phenoxy) is 2. The fraction of sp³-hybridized carbons (Fsp3) is 0.140. The highest BCUT2D eigenvalue weighted by molar-refractivity contribution is 6.46. The van der Waals surface area contributed by atoms with Crippen LogP contribution in [0.25, 0.3) is 177 Å². The van der Waals surface area contributed by atoms with E-state index in [4.69, 9.17) is 9.47 Å². The van der Waals surface area contributed by atoms with Gasteiger partial charge in [-0.15, -0.1) is 0 Å². The lowest BCUT2D eigenvalue weighted by atomic mass is 9.83. The SMILES string of the molecule is C=C(C)C(=O)Oc1cc(C(C)C)c(N2C(=O)c3ccc4c5ccc6c7c(ccc(c8ccc(c3c48)C2=O)c75)-c2cc3cc4c(cc3cc2-6)/C=C\c2cc3cc5c(cc3cc2/C=C\4)-c2ccc3c4ccc6c7c(ccc(c8ccc-5c2c83)c74)C(=O)N(c2c(C(C)C)cc(OC(=O)C(=C)C)cc2C(C)C)C6=O)c(C(C)C)c1. The third-order valence-electron chi connectivity index (χ3n) is 24.3. The number of fused-ring (bicyclic) bond motifs is 14. The van der Waals surface area contributed by atoms with Crippen molar-refractivity contribution >= 4 is 179 Å². The largest absolute Gasteiger partial charge is 0.423 e. The van der Waals surface area contributed by atoms with Crippen LogP contribution in [0.5, 0.6) is 11.5 Å². The summed E-state index contributed by atoms with van der Waals surface area (Å²) in [6.07, 6.45) is 9.04. The summed E-state index contributed by atoms with van der Waals surface area (Å²) < 4.78 is 11.5. The van der Waals surface area contributed by atoms with Crippen molar-refractivity contribution in [3.05, 3.63) is 261 Å². The molecule has 0 spiro atoms. The maximum absolute atomic E-state index is 15.3. The molecule has 0 saturated carbocycles. The van der Waals surface area contributed by atoms with Crippen LogP contribution in [-0.4, -0.2) is 35.6 Å². The molecule has 0 unspecified atom stereocenters. The Bertz CT molecular complexity index is 6490. The first-order valence-electron chi connectivity index (χ1n) is 37.9. The van der Waals surface area contributed by atoms with Crippen LogP contribution in [-0.2, 0) is 9.59 Å². The number of carbonyl (C=O) groups is 6. The second-order valence-electron chi connectivity index (χ2n) is 32.2. The molecule has 5 aliphatic rings. The molecule has 16 aromatic carbocycles. The van der Waals surface area contributed by atoms with Gasteiger partial charge in [0.2, 0.25) is 0 Å². The van der Waals surface area contributed by atoms with Gasteiger partial charge < -0.3 is 9.47 Å². The van der Waals surface area contributed by atoms with E-state index in [0.717, 1.165) is 131 Å². The fourth-order valence-electron chi connectivity index (χ4n) is 19.1. The number of amides is 4. The zero-order valence-electron chi connectivity index (χ0n) is 62.4. The van der Waals surface area contributed by atoms with Gasteiger partial charge in [-0.1, -0.05) is 166 Å². The van der Waals surface area contributed by atoms with Gasteiger partial charge in [-0.3, -0.25) is 19.2 Å². The monoisotopic (exact) mass is 1430 g/mol. The van der Waals surface area contributed by atoms with Crippen molar-refractivity contribution in [3.63, 3.8) is 0 Å². The van der Waals surface area contributed by atoms with Crippen molar-refractivity contribution in [2.75, 3.05) is 9.80 Å². The molecular formula is C100H70N2O8. The number of rotatable bonds is 10. The lowest BCUT2D eigenvalue weighted by Crippen LogP contribution is -2.41. The van der Waals surface area contributed by atoms with Gasteiger partial charge in [0.1, 0.15) is 11.5 Å². The van der Waals surface area contributed by atoms with Crippen molar-refractivity contribution in [2.45, 2.75) is 92.9 Å². The van der Waals surface area contributed by atoms with Crippen molar-refractivity contribution in [3.8, 4) is 56.0 Å². The molecule has 0 atom stereocenters. The average molecular weight is 1430 g/mol. The van der Waals surface area contributed by atoms with Gasteiger partial charge in [0.05, 0.1) is 11.4 Å². The summed E-state index contributed by atoms with van der Waals surface area (Å²) in [7, 11) is 0. The molecule has 110 heavy (non-hydrogen) atoms. The highest BCUT2D eigenvalue weighted by Crippen LogP contribution is 2.58. The van der Waals surface area contributed by atoms with Gasteiger partial charge in [-0.25, -0.2) is 19.4 Å². The van der Waals surface area contributed by atoms with Crippen LogP contribution in [0.1, 0.15) is 179 Å². The third-order valence-corrected chi connectivity index (χ3v) is 24.3. The van der Waals surface area contributed by atoms with Gasteiger partial charge in [-0.2, -0.15) is 0 Å². The lowest BCUT2D eigenvalue weighted by molar-refractivity contribution is -0.130. The van der Waals surface area contributed by atoms with Crippen LogP contribution in [0.4, 0.5) is 11.4 Å². The molecule has 4 amide bonds. The Kier molecular flexibility index (Phi) is 13.4. The topological polar surface area (TPSA) is 127 Å². The van der Waals surface area contributed by atoms with Crippen molar-refractivity contribution < 1.29 is 38.2 Å². The third kappa shape index (κ3) is 8.75. The van der Waals surface area contributed by atoms with Gasteiger partial charge in [0, 0.05) is 44.2 Å². The number of hydrogen-bond donors (Lipinski definition) is 0. The standard InChI is InChI=1S/C100H70N2O8/c1-45(2)77-41-59(109-99(107)49(9)10)42-78(46(3)4)93(77)101-95(103)73-29-25-65-61-17-21-69-81-37-55-33-51-13-15-53-35-57-39-83-71-23-19-63-67-27-31-75-92-76(98(106)102(97(75)105)94-79(47(5)6)43-60(44-80(94)48(7)8)110-100(108)50(11)12)32-28-68(88(67)92)64-20-24-72(90(71)86(63)64)84(83)40-58(57)36-54(53)16-14-52(51)34-56(55)38-82(81)70-22-18-62(85(61)89(69)70)66-26-30-74(96(101)104)91(73)87(65)66/h13-48H,9,11H2,1-8,10,12H3/b15-13-,16-14-,51-13?,52-14?,53-15?,54-16?. The van der Waals surface area contributed by atoms with Gasteiger partial charge >= 0.3 is 11.9 Å². The van der Waals surface area contributed by atoms with E-state index >= 15 is 19.2 Å². The van der Waals surface area contributed by atoms with E-state index in [2.05, 4.69) is 159 Å². The van der Waals surface area contributed by atoms with Crippen LogP contribution in [0.3, 0.4) is 0 Å². The molecule has 10 heteroatoms. The van der Waals surface area contributed by atoms with Gasteiger partial charge in [0.25, 0.3) is 23.6 Å². The summed E-state index contributed by atoms with van der Waals surface area (Å²) in [4.78, 5) is 89.3. The summed E-state index contributed by atoms with van der Waals surface area (Å²) in [6, 6.07) is 59.7. The van der Waals surface area contributed by atoms with E-state index in [9.17, 15) is 9.59 Å². The Morgan fingerprint density at radius 3 is 0.700 bits per heavy atom. The molecule has 3 aliphatic carbocycles. The first kappa shape index (κ1) is 65.1. The molecular weight excluding hydrogens is 1360 g/mol. The summed E-state index contributed by atoms with van der Waals surface area (Å²) in [6.45, 7) is 26.8. The zero-order chi connectivity index (χ0) is 75.5. The first-order valence-corrected chi connectivity index (χ1v) is 37.9. The summed E-state index contributed by atoms with van der Waals surface area (Å²) in [5.41, 5.74) is 20.4. The van der Waals surface area contributed by atoms with Crippen LogP contribution in [0.15, 0.2) is 194 Å².